The molecule has 0 fully saturated rings. The number of hydrogen-bond donors (Lipinski definition) is 3. The lowest BCUT2D eigenvalue weighted by Crippen LogP contribution is -2.33. The number of carbonyl (C=O) groups is 1. The summed E-state index contributed by atoms with van der Waals surface area (Å²) >= 11 is 1.13. The highest BCUT2D eigenvalue weighted by Gasteiger charge is 2.19. The molecule has 0 unspecified atom stereocenters. The van der Waals surface area contributed by atoms with Gasteiger partial charge in [-0.1, -0.05) is 5.16 Å². The van der Waals surface area contributed by atoms with Crippen molar-refractivity contribution in [2.24, 2.45) is 10.3 Å². The highest BCUT2D eigenvalue weighted by molar-refractivity contribution is 7.13. The van der Waals surface area contributed by atoms with Crippen LogP contribution in [0, 0.1) is 20.2 Å². The maximum atomic E-state index is 12.2. The molecule has 15 heteroatoms. The van der Waals surface area contributed by atoms with Crippen molar-refractivity contribution in [3.63, 3.8) is 0 Å². The summed E-state index contributed by atoms with van der Waals surface area (Å²) in [6, 6.07) is 3.06. The molecule has 2 rings (SSSR count). The van der Waals surface area contributed by atoms with Gasteiger partial charge in [0.25, 0.3) is 11.6 Å². The summed E-state index contributed by atoms with van der Waals surface area (Å²) in [5, 5.41) is 33.4. The van der Waals surface area contributed by atoms with E-state index in [0.29, 0.717) is 0 Å². The van der Waals surface area contributed by atoms with Crippen molar-refractivity contribution in [1.29, 1.82) is 0 Å². The van der Waals surface area contributed by atoms with E-state index in [1.165, 1.54) is 18.7 Å². The Hall–Kier alpha value is -4.14. The molecule has 29 heavy (non-hydrogen) atoms. The van der Waals surface area contributed by atoms with Gasteiger partial charge in [0.2, 0.25) is 0 Å². The van der Waals surface area contributed by atoms with Crippen LogP contribution in [0.2, 0.25) is 0 Å². The first-order valence-electron chi connectivity index (χ1n) is 7.64. The minimum atomic E-state index is -0.778. The number of hydrazone groups is 1. The van der Waals surface area contributed by atoms with Crippen LogP contribution in [0.25, 0.3) is 0 Å². The first-order chi connectivity index (χ1) is 13.8. The van der Waals surface area contributed by atoms with Gasteiger partial charge in [0, 0.05) is 17.7 Å². The van der Waals surface area contributed by atoms with Crippen molar-refractivity contribution >= 4 is 51.4 Å². The van der Waals surface area contributed by atoms with Crippen LogP contribution in [-0.2, 0) is 9.63 Å². The van der Waals surface area contributed by atoms with Crippen molar-refractivity contribution < 1.29 is 19.5 Å². The van der Waals surface area contributed by atoms with Crippen LogP contribution in [0.15, 0.2) is 33.8 Å². The molecule has 2 aromatic rings. The number of non-ortho nitro benzene ring substituents is 1. The van der Waals surface area contributed by atoms with E-state index >= 15 is 0 Å². The van der Waals surface area contributed by atoms with Gasteiger partial charge in [-0.3, -0.25) is 30.4 Å². The van der Waals surface area contributed by atoms with Crippen molar-refractivity contribution in [1.82, 2.24) is 10.3 Å². The first-order valence-corrected chi connectivity index (χ1v) is 8.52. The number of rotatable bonds is 9. The van der Waals surface area contributed by atoms with Crippen LogP contribution >= 0.6 is 11.3 Å². The van der Waals surface area contributed by atoms with Crippen molar-refractivity contribution in [2.75, 3.05) is 24.8 Å². The molecule has 1 aromatic heterocycles. The molecule has 0 aliphatic heterocycles. The topological polar surface area (TPSA) is 200 Å². The molecule has 0 bridgehead atoms. The van der Waals surface area contributed by atoms with Gasteiger partial charge in [0.05, 0.1) is 22.5 Å². The zero-order chi connectivity index (χ0) is 21.4. The molecule has 0 saturated carbocycles. The number of benzene rings is 1. The van der Waals surface area contributed by atoms with Crippen LogP contribution < -0.4 is 16.5 Å². The van der Waals surface area contributed by atoms with E-state index in [9.17, 15) is 25.0 Å². The quantitative estimate of drug-likeness (QED) is 0.300. The molecule has 1 heterocycles. The number of thiazole rings is 1. The van der Waals surface area contributed by atoms with Crippen molar-refractivity contribution in [3.05, 3.63) is 49.5 Å². The molecule has 0 aliphatic carbocycles. The van der Waals surface area contributed by atoms with Gasteiger partial charge < -0.3 is 15.9 Å². The predicted molar refractivity (Wildman–Crippen MR) is 105 cm³/mol. The summed E-state index contributed by atoms with van der Waals surface area (Å²) in [6.45, 7) is -0.0605. The molecule has 14 nitrogen and oxygen atoms in total. The van der Waals surface area contributed by atoms with Crippen molar-refractivity contribution in [2.45, 2.75) is 0 Å². The third-order valence-electron chi connectivity index (χ3n) is 3.18. The monoisotopic (exact) mass is 422 g/mol. The maximum Gasteiger partial charge on any atom is 0.301 e. The minimum absolute atomic E-state index is 0.0530. The van der Waals surface area contributed by atoms with Gasteiger partial charge in [0.15, 0.2) is 10.8 Å². The van der Waals surface area contributed by atoms with E-state index in [2.05, 4.69) is 30.8 Å². The third-order valence-corrected chi connectivity index (χ3v) is 3.86. The molecule has 0 atom stereocenters. The highest BCUT2D eigenvalue weighted by atomic mass is 32.1. The van der Waals surface area contributed by atoms with Crippen LogP contribution in [0.4, 0.5) is 22.2 Å². The first kappa shape index (κ1) is 21.2. The lowest BCUT2D eigenvalue weighted by atomic mass is 10.2. The average Bonchev–Trinajstić information content (AvgIpc) is 3.11. The van der Waals surface area contributed by atoms with Crippen LogP contribution in [0.3, 0.4) is 0 Å². The molecule has 152 valence electrons. The van der Waals surface area contributed by atoms with E-state index in [4.69, 9.17) is 5.73 Å². The molecule has 1 amide bonds. The second-order valence-electron chi connectivity index (χ2n) is 5.04. The number of nitro groups is 2. The molecular weight excluding hydrogens is 408 g/mol. The van der Waals surface area contributed by atoms with E-state index in [0.717, 1.165) is 29.5 Å². The molecule has 0 aliphatic rings. The number of amides is 1. The molecule has 1 aromatic carbocycles. The standard InChI is InChI=1S/C14H14N8O6S/c1-28-20-12(10-7-29-14(15)18-10)13(23)16-4-5-17-19-9-3-2-8(21(24)25)6-11(9)22(26)27/h2-3,5-7,19H,4H2,1H3,(H2,15,18)(H,16,23)/b17-5?,20-12-. The fourth-order valence-electron chi connectivity index (χ4n) is 1.95. The van der Waals surface area contributed by atoms with E-state index in [1.54, 1.807) is 0 Å². The molecule has 4 N–H and O–H groups in total. The fourth-order valence-corrected chi connectivity index (χ4v) is 2.50. The molecular formula is C14H14N8O6S. The Kier molecular flexibility index (Phi) is 7.08. The predicted octanol–water partition coefficient (Wildman–Crippen LogP) is 1.11. The smallest absolute Gasteiger partial charge is 0.301 e. The maximum absolute atomic E-state index is 12.2. The average molecular weight is 422 g/mol. The van der Waals surface area contributed by atoms with Gasteiger partial charge >= 0.3 is 5.69 Å². The Bertz CT molecular complexity index is 988. The number of nitrogens with zero attached hydrogens (tertiary/aromatic N) is 5. The van der Waals surface area contributed by atoms with Gasteiger partial charge in [0.1, 0.15) is 18.5 Å². The van der Waals surface area contributed by atoms with Crippen LogP contribution in [-0.4, -0.2) is 46.3 Å². The Morgan fingerprint density at radius 2 is 2.14 bits per heavy atom. The number of nitrogens with two attached hydrogens (primary N) is 1. The van der Waals surface area contributed by atoms with E-state index in [1.807, 2.05) is 0 Å². The Labute approximate surface area is 166 Å². The van der Waals surface area contributed by atoms with Gasteiger partial charge in [-0.05, 0) is 6.07 Å². The summed E-state index contributed by atoms with van der Waals surface area (Å²) < 4.78 is 0. The van der Waals surface area contributed by atoms with Gasteiger partial charge in [-0.15, -0.1) is 11.3 Å². The Balaban J connectivity index is 1.98. The molecule has 0 radical (unpaired) electrons. The normalized spacial score (nSPS) is 11.3. The number of nitrogen functional groups attached to an aromatic ring is 1. The number of hydrogen-bond acceptors (Lipinski definition) is 12. The number of nitrogens with one attached hydrogen (secondary N) is 2. The Morgan fingerprint density at radius 1 is 1.38 bits per heavy atom. The molecule has 0 spiro atoms. The lowest BCUT2D eigenvalue weighted by Gasteiger charge is -2.04. The zero-order valence-corrected chi connectivity index (χ0v) is 15.6. The lowest BCUT2D eigenvalue weighted by molar-refractivity contribution is -0.393. The second kappa shape index (κ2) is 9.70. The summed E-state index contributed by atoms with van der Waals surface area (Å²) in [5.41, 5.74) is 7.08. The SMILES string of the molecule is CO/N=C(\C(=O)NCC=NNc1ccc([N+](=O)[O-])cc1[N+](=O)[O-])c1csc(N)n1. The summed E-state index contributed by atoms with van der Waals surface area (Å²) in [7, 11) is 1.27. The number of anilines is 2. The van der Waals surface area contributed by atoms with Crippen LogP contribution in [0.1, 0.15) is 5.69 Å². The minimum Gasteiger partial charge on any atom is -0.398 e. The van der Waals surface area contributed by atoms with Crippen molar-refractivity contribution in [3.8, 4) is 0 Å². The van der Waals surface area contributed by atoms with E-state index in [-0.39, 0.29) is 28.8 Å². The molecule has 0 saturated heterocycles. The van der Waals surface area contributed by atoms with Gasteiger partial charge in [-0.2, -0.15) is 5.10 Å². The summed E-state index contributed by atoms with van der Waals surface area (Å²) in [5.74, 6) is -0.607. The number of nitro benzene ring substituents is 2. The highest BCUT2D eigenvalue weighted by Crippen LogP contribution is 2.28. The second-order valence-corrected chi connectivity index (χ2v) is 5.93. The largest absolute Gasteiger partial charge is 0.398 e. The fraction of sp³-hybridized carbons (Fsp3) is 0.143. The zero-order valence-electron chi connectivity index (χ0n) is 14.8. The number of carbonyl (C=O) groups excluding carboxylic acids is 1. The van der Waals surface area contributed by atoms with Gasteiger partial charge in [-0.25, -0.2) is 4.98 Å². The number of oxime groups is 1. The summed E-state index contributed by atoms with van der Waals surface area (Å²) in [4.78, 5) is 41.0. The van der Waals surface area contributed by atoms with E-state index < -0.39 is 27.1 Å². The summed E-state index contributed by atoms with van der Waals surface area (Å²) in [6.07, 6.45) is 1.23. The number of aromatic nitrogens is 1. The third kappa shape index (κ3) is 5.67. The Morgan fingerprint density at radius 3 is 2.72 bits per heavy atom. The van der Waals surface area contributed by atoms with Crippen LogP contribution in [0.5, 0.6) is 0 Å².